The molecule has 20 heavy (non-hydrogen) atoms. The van der Waals surface area contributed by atoms with Crippen molar-refractivity contribution in [2.45, 2.75) is 25.0 Å². The van der Waals surface area contributed by atoms with Crippen molar-refractivity contribution < 1.29 is 9.21 Å². The highest BCUT2D eigenvalue weighted by molar-refractivity contribution is 7.99. The molecule has 0 radical (unpaired) electrons. The van der Waals surface area contributed by atoms with E-state index >= 15 is 0 Å². The van der Waals surface area contributed by atoms with Crippen molar-refractivity contribution >= 4 is 17.7 Å². The lowest BCUT2D eigenvalue weighted by molar-refractivity contribution is -0.118. The molecule has 1 amide bonds. The third-order valence-corrected chi connectivity index (χ3v) is 3.39. The Kier molecular flexibility index (Phi) is 5.00. The van der Waals surface area contributed by atoms with Gasteiger partial charge in [0.25, 0.3) is 5.56 Å². The van der Waals surface area contributed by atoms with Crippen molar-refractivity contribution in [1.29, 1.82) is 0 Å². The Bertz CT molecular complexity index is 622. The molecule has 0 saturated carbocycles. The fourth-order valence-corrected chi connectivity index (χ4v) is 2.24. The molecule has 6 nitrogen and oxygen atoms in total. The molecule has 0 unspecified atom stereocenters. The molecule has 0 spiro atoms. The Morgan fingerprint density at radius 2 is 2.40 bits per heavy atom. The van der Waals surface area contributed by atoms with Crippen LogP contribution in [0.2, 0.25) is 0 Å². The zero-order chi connectivity index (χ0) is 14.4. The van der Waals surface area contributed by atoms with Crippen molar-refractivity contribution in [3.8, 4) is 0 Å². The zero-order valence-corrected chi connectivity index (χ0v) is 11.8. The number of hydrogen-bond acceptors (Lipinski definition) is 5. The lowest BCUT2D eigenvalue weighted by Gasteiger charge is -2.04. The highest BCUT2D eigenvalue weighted by atomic mass is 32.2. The predicted molar refractivity (Wildman–Crippen MR) is 75.5 cm³/mol. The van der Waals surface area contributed by atoms with Crippen molar-refractivity contribution in [3.63, 3.8) is 0 Å². The van der Waals surface area contributed by atoms with E-state index in [1.807, 2.05) is 6.92 Å². The lowest BCUT2D eigenvalue weighted by Crippen LogP contribution is -2.24. The maximum Gasteiger partial charge on any atom is 0.251 e. The number of amides is 1. The molecule has 0 aliphatic rings. The summed E-state index contributed by atoms with van der Waals surface area (Å²) >= 11 is 1.20. The normalized spacial score (nSPS) is 10.4. The quantitative estimate of drug-likeness (QED) is 0.620. The van der Waals surface area contributed by atoms with Gasteiger partial charge in [0.2, 0.25) is 5.91 Å². The molecular weight excluding hydrogens is 278 g/mol. The van der Waals surface area contributed by atoms with Gasteiger partial charge in [-0.25, -0.2) is 4.98 Å². The number of carbonyl (C=O) groups is 1. The largest absolute Gasteiger partial charge is 0.467 e. The van der Waals surface area contributed by atoms with Crippen LogP contribution in [0, 0.1) is 0 Å². The number of rotatable bonds is 6. The Balaban J connectivity index is 1.83. The van der Waals surface area contributed by atoms with Crippen LogP contribution < -0.4 is 10.9 Å². The molecule has 7 heteroatoms. The van der Waals surface area contributed by atoms with Crippen LogP contribution in [-0.2, 0) is 17.8 Å². The molecule has 0 aromatic carbocycles. The first-order valence-corrected chi connectivity index (χ1v) is 7.18. The molecule has 2 aromatic rings. The third kappa shape index (κ3) is 4.27. The van der Waals surface area contributed by atoms with Crippen LogP contribution in [-0.4, -0.2) is 21.6 Å². The van der Waals surface area contributed by atoms with Gasteiger partial charge in [-0.3, -0.25) is 9.59 Å². The number of aromatic amines is 1. The summed E-state index contributed by atoms with van der Waals surface area (Å²) in [5.41, 5.74) is 0.516. The van der Waals surface area contributed by atoms with E-state index in [1.54, 1.807) is 18.4 Å². The topological polar surface area (TPSA) is 88.0 Å². The van der Waals surface area contributed by atoms with Gasteiger partial charge in [-0.05, 0) is 18.6 Å². The fraction of sp³-hybridized carbons (Fsp3) is 0.308. The Morgan fingerprint density at radius 3 is 3.10 bits per heavy atom. The fourth-order valence-electron chi connectivity index (χ4n) is 1.52. The average molecular weight is 293 g/mol. The second kappa shape index (κ2) is 6.95. The van der Waals surface area contributed by atoms with Gasteiger partial charge in [0.1, 0.15) is 5.76 Å². The minimum atomic E-state index is -0.199. The van der Waals surface area contributed by atoms with E-state index in [1.165, 1.54) is 17.8 Å². The summed E-state index contributed by atoms with van der Waals surface area (Å²) < 4.78 is 5.11. The smallest absolute Gasteiger partial charge is 0.251 e. The van der Waals surface area contributed by atoms with Gasteiger partial charge in [0.15, 0.2) is 5.16 Å². The molecule has 2 rings (SSSR count). The van der Waals surface area contributed by atoms with Crippen LogP contribution in [0.1, 0.15) is 18.4 Å². The summed E-state index contributed by atoms with van der Waals surface area (Å²) in [6.45, 7) is 2.28. The van der Waals surface area contributed by atoms with Crippen molar-refractivity contribution in [2.24, 2.45) is 0 Å². The van der Waals surface area contributed by atoms with Gasteiger partial charge in [-0.15, -0.1) is 0 Å². The minimum Gasteiger partial charge on any atom is -0.467 e. The molecule has 0 atom stereocenters. The van der Waals surface area contributed by atoms with Gasteiger partial charge < -0.3 is 14.7 Å². The minimum absolute atomic E-state index is 0.143. The number of furan rings is 1. The molecule has 2 N–H and O–H groups in total. The van der Waals surface area contributed by atoms with Crippen LogP contribution in [0.25, 0.3) is 0 Å². The van der Waals surface area contributed by atoms with E-state index < -0.39 is 0 Å². The number of nitrogens with one attached hydrogen (secondary N) is 2. The number of H-pyrrole nitrogens is 1. The Morgan fingerprint density at radius 1 is 1.55 bits per heavy atom. The van der Waals surface area contributed by atoms with E-state index in [2.05, 4.69) is 15.3 Å². The van der Waals surface area contributed by atoms with E-state index in [0.717, 1.165) is 0 Å². The second-order valence-electron chi connectivity index (χ2n) is 4.04. The van der Waals surface area contributed by atoms with E-state index in [-0.39, 0.29) is 17.2 Å². The van der Waals surface area contributed by atoms with Gasteiger partial charge in [0.05, 0.1) is 18.6 Å². The molecule has 0 bridgehead atoms. The first-order valence-electron chi connectivity index (χ1n) is 6.19. The van der Waals surface area contributed by atoms with Gasteiger partial charge in [0, 0.05) is 11.8 Å². The van der Waals surface area contributed by atoms with Gasteiger partial charge >= 0.3 is 0 Å². The van der Waals surface area contributed by atoms with Gasteiger partial charge in [-0.1, -0.05) is 18.7 Å². The van der Waals surface area contributed by atoms with Crippen LogP contribution in [0.3, 0.4) is 0 Å². The maximum absolute atomic E-state index is 11.7. The van der Waals surface area contributed by atoms with Crippen LogP contribution in [0.5, 0.6) is 0 Å². The Labute approximate surface area is 120 Å². The highest BCUT2D eigenvalue weighted by Crippen LogP contribution is 2.11. The first-order chi connectivity index (χ1) is 9.67. The summed E-state index contributed by atoms with van der Waals surface area (Å²) in [6.07, 6.45) is 2.24. The second-order valence-corrected chi connectivity index (χ2v) is 5.00. The number of nitrogens with zero attached hydrogens (tertiary/aromatic N) is 1. The van der Waals surface area contributed by atoms with E-state index in [4.69, 9.17) is 4.42 Å². The number of hydrogen-bond donors (Lipinski definition) is 2. The molecule has 0 saturated heterocycles. The predicted octanol–water partition coefficient (Wildman–Crippen LogP) is 1.33. The summed E-state index contributed by atoms with van der Waals surface area (Å²) in [7, 11) is 0. The number of aromatic nitrogens is 2. The lowest BCUT2D eigenvalue weighted by atomic mass is 10.3. The van der Waals surface area contributed by atoms with Crippen molar-refractivity contribution in [2.75, 3.05) is 5.75 Å². The SMILES string of the molecule is CCc1cc(=O)[nH]c(SCC(=O)NCc2ccco2)n1. The molecule has 2 heterocycles. The third-order valence-electron chi connectivity index (χ3n) is 2.52. The summed E-state index contributed by atoms with van der Waals surface area (Å²) in [5, 5.41) is 3.19. The molecule has 2 aromatic heterocycles. The maximum atomic E-state index is 11.7. The molecule has 106 valence electrons. The van der Waals surface area contributed by atoms with E-state index in [9.17, 15) is 9.59 Å². The van der Waals surface area contributed by atoms with Crippen molar-refractivity contribution in [1.82, 2.24) is 15.3 Å². The van der Waals surface area contributed by atoms with Gasteiger partial charge in [-0.2, -0.15) is 0 Å². The molecule has 0 aliphatic carbocycles. The molecular formula is C13H15N3O3S. The van der Waals surface area contributed by atoms with Crippen LogP contribution in [0.4, 0.5) is 0 Å². The van der Waals surface area contributed by atoms with E-state index in [0.29, 0.717) is 29.6 Å². The summed E-state index contributed by atoms with van der Waals surface area (Å²) in [6, 6.07) is 5.01. The Hall–Kier alpha value is -2.02. The van der Waals surface area contributed by atoms with Crippen molar-refractivity contribution in [3.05, 3.63) is 46.3 Å². The summed E-state index contributed by atoms with van der Waals surface area (Å²) in [5.74, 6) is 0.746. The van der Waals surface area contributed by atoms with Crippen LogP contribution >= 0.6 is 11.8 Å². The standard InChI is InChI=1S/C13H15N3O3S/c1-2-9-6-11(17)16-13(15-9)20-8-12(18)14-7-10-4-3-5-19-10/h3-6H,2,7-8H2,1H3,(H,14,18)(H,15,16,17). The zero-order valence-electron chi connectivity index (χ0n) is 11.0. The number of thioether (sulfide) groups is 1. The molecule has 0 aliphatic heterocycles. The summed E-state index contributed by atoms with van der Waals surface area (Å²) in [4.78, 5) is 29.9. The monoisotopic (exact) mass is 293 g/mol. The number of carbonyl (C=O) groups excluding carboxylic acids is 1. The first kappa shape index (κ1) is 14.4. The highest BCUT2D eigenvalue weighted by Gasteiger charge is 2.06. The average Bonchev–Trinajstić information content (AvgIpc) is 2.95. The molecule has 0 fully saturated rings. The number of aryl methyl sites for hydroxylation is 1. The van der Waals surface area contributed by atoms with Crippen LogP contribution in [0.15, 0.2) is 38.8 Å².